The molecule has 3 rings (SSSR count). The first-order valence-corrected chi connectivity index (χ1v) is 8.77. The fraction of sp³-hybridized carbons (Fsp3) is 0.294. The van der Waals surface area contributed by atoms with E-state index in [2.05, 4.69) is 25.6 Å². The monoisotopic (exact) mass is 357 g/mol. The van der Waals surface area contributed by atoms with Gasteiger partial charge in [-0.3, -0.25) is 9.78 Å². The number of nitrogens with one attached hydrogen (secondary N) is 2. The van der Waals surface area contributed by atoms with Crippen LogP contribution < -0.4 is 10.6 Å². The molecule has 0 aliphatic heterocycles. The van der Waals surface area contributed by atoms with E-state index < -0.39 is 0 Å². The molecule has 0 bridgehead atoms. The first-order chi connectivity index (χ1) is 12.2. The number of thiophene rings is 1. The van der Waals surface area contributed by atoms with Crippen LogP contribution in [-0.4, -0.2) is 41.1 Å². The maximum atomic E-state index is 12.4. The van der Waals surface area contributed by atoms with E-state index >= 15 is 0 Å². The fourth-order valence-electron chi connectivity index (χ4n) is 2.33. The number of carbonyl (C=O) groups is 1. The molecule has 0 spiro atoms. The molecule has 1 atom stereocenters. The van der Waals surface area contributed by atoms with Gasteiger partial charge in [0.15, 0.2) is 5.69 Å². The number of rotatable bonds is 7. The van der Waals surface area contributed by atoms with Crippen LogP contribution in [0.1, 0.15) is 29.1 Å². The number of nitrogens with zero attached hydrogens (tertiary/aromatic N) is 3. The zero-order valence-corrected chi connectivity index (χ0v) is 14.8. The normalized spacial score (nSPS) is 12.1. The van der Waals surface area contributed by atoms with Crippen LogP contribution in [0.5, 0.6) is 0 Å². The number of fused-ring (bicyclic) bond motifs is 1. The predicted molar refractivity (Wildman–Crippen MR) is 97.9 cm³/mol. The van der Waals surface area contributed by atoms with Gasteiger partial charge in [0, 0.05) is 19.9 Å². The highest BCUT2D eigenvalue weighted by atomic mass is 32.1. The Morgan fingerprint density at radius 1 is 1.32 bits per heavy atom. The van der Waals surface area contributed by atoms with E-state index in [9.17, 15) is 4.79 Å². The lowest BCUT2D eigenvalue weighted by Gasteiger charge is -2.14. The number of amides is 1. The zero-order chi connectivity index (χ0) is 17.6. The van der Waals surface area contributed by atoms with Crippen LogP contribution >= 0.6 is 11.3 Å². The number of ether oxygens (including phenoxy) is 1. The van der Waals surface area contributed by atoms with Gasteiger partial charge >= 0.3 is 0 Å². The number of pyridine rings is 1. The lowest BCUT2D eigenvalue weighted by molar-refractivity contribution is 0.0934. The third-order valence-electron chi connectivity index (χ3n) is 3.59. The van der Waals surface area contributed by atoms with Crippen molar-refractivity contribution in [3.8, 4) is 0 Å². The summed E-state index contributed by atoms with van der Waals surface area (Å²) in [5.41, 5.74) is 1.99. The number of anilines is 1. The molecule has 3 aromatic rings. The second-order valence-corrected chi connectivity index (χ2v) is 6.32. The van der Waals surface area contributed by atoms with Crippen LogP contribution in [0, 0.1) is 0 Å². The quantitative estimate of drug-likeness (QED) is 0.632. The molecular weight excluding hydrogens is 338 g/mol. The fourth-order valence-corrected chi connectivity index (χ4v) is 3.15. The first-order valence-electron chi connectivity index (χ1n) is 7.89. The van der Waals surface area contributed by atoms with Gasteiger partial charge in [-0.2, -0.15) is 0 Å². The summed E-state index contributed by atoms with van der Waals surface area (Å²) in [5, 5.41) is 7.92. The number of carbonyl (C=O) groups excluding carboxylic acids is 1. The highest BCUT2D eigenvalue weighted by molar-refractivity contribution is 7.17. The Morgan fingerprint density at radius 3 is 2.96 bits per heavy atom. The van der Waals surface area contributed by atoms with Crippen molar-refractivity contribution in [1.82, 2.24) is 20.3 Å². The van der Waals surface area contributed by atoms with Gasteiger partial charge in [-0.25, -0.2) is 9.97 Å². The molecule has 0 saturated carbocycles. The average molecular weight is 357 g/mol. The van der Waals surface area contributed by atoms with Gasteiger partial charge in [0.25, 0.3) is 5.91 Å². The minimum absolute atomic E-state index is 0.0818. The molecule has 25 heavy (non-hydrogen) atoms. The van der Waals surface area contributed by atoms with Gasteiger partial charge in [-0.05, 0) is 30.5 Å². The summed E-state index contributed by atoms with van der Waals surface area (Å²) in [5.74, 6) is 0.168. The summed E-state index contributed by atoms with van der Waals surface area (Å²) in [6, 6.07) is 7.52. The average Bonchev–Trinajstić information content (AvgIpc) is 3.10. The third kappa shape index (κ3) is 4.09. The van der Waals surface area contributed by atoms with E-state index in [1.807, 2.05) is 36.6 Å². The standard InChI is InChI=1S/C17H19N5O2S/c1-11(12-5-3-4-7-18-12)20-17-21-13-6-10-25-15(13)14(22-17)16(23)19-8-9-24-2/h3-7,10-11H,8-9H2,1-2H3,(H,19,23)(H,20,21,22)/t11-/m0/s1. The van der Waals surface area contributed by atoms with Crippen LogP contribution in [0.25, 0.3) is 10.2 Å². The summed E-state index contributed by atoms with van der Waals surface area (Å²) >= 11 is 1.45. The topological polar surface area (TPSA) is 89.0 Å². The van der Waals surface area contributed by atoms with Gasteiger partial charge in [-0.1, -0.05) is 6.07 Å². The molecule has 0 saturated heterocycles. The maximum absolute atomic E-state index is 12.4. The van der Waals surface area contributed by atoms with Crippen molar-refractivity contribution >= 4 is 33.4 Å². The van der Waals surface area contributed by atoms with Gasteiger partial charge < -0.3 is 15.4 Å². The molecule has 0 aliphatic rings. The Morgan fingerprint density at radius 2 is 2.20 bits per heavy atom. The van der Waals surface area contributed by atoms with Crippen molar-refractivity contribution in [2.24, 2.45) is 0 Å². The number of aromatic nitrogens is 3. The second-order valence-electron chi connectivity index (χ2n) is 5.40. The van der Waals surface area contributed by atoms with Crippen molar-refractivity contribution in [3.63, 3.8) is 0 Å². The van der Waals surface area contributed by atoms with E-state index in [0.717, 1.165) is 15.9 Å². The van der Waals surface area contributed by atoms with Gasteiger partial charge in [0.1, 0.15) is 0 Å². The number of methoxy groups -OCH3 is 1. The SMILES string of the molecule is COCCNC(=O)c1nc(N[C@@H](C)c2ccccn2)nc2ccsc12. The van der Waals surface area contributed by atoms with Crippen LogP contribution in [0.4, 0.5) is 5.95 Å². The molecule has 3 heterocycles. The molecule has 0 aromatic carbocycles. The Balaban J connectivity index is 1.85. The van der Waals surface area contributed by atoms with E-state index in [1.165, 1.54) is 11.3 Å². The molecule has 0 radical (unpaired) electrons. The van der Waals surface area contributed by atoms with Crippen molar-refractivity contribution in [1.29, 1.82) is 0 Å². The highest BCUT2D eigenvalue weighted by Gasteiger charge is 2.17. The zero-order valence-electron chi connectivity index (χ0n) is 14.0. The minimum Gasteiger partial charge on any atom is -0.383 e. The van der Waals surface area contributed by atoms with Gasteiger partial charge in [-0.15, -0.1) is 11.3 Å². The smallest absolute Gasteiger partial charge is 0.271 e. The molecule has 8 heteroatoms. The molecule has 3 aromatic heterocycles. The van der Waals surface area contributed by atoms with Crippen molar-refractivity contribution in [2.45, 2.75) is 13.0 Å². The molecular formula is C17H19N5O2S. The van der Waals surface area contributed by atoms with Crippen molar-refractivity contribution in [2.75, 3.05) is 25.6 Å². The van der Waals surface area contributed by atoms with Gasteiger partial charge in [0.2, 0.25) is 5.95 Å². The minimum atomic E-state index is -0.236. The van der Waals surface area contributed by atoms with Crippen LogP contribution in [0.2, 0.25) is 0 Å². The first kappa shape index (κ1) is 17.2. The highest BCUT2D eigenvalue weighted by Crippen LogP contribution is 2.25. The molecule has 7 nitrogen and oxygen atoms in total. The van der Waals surface area contributed by atoms with Gasteiger partial charge in [0.05, 0.1) is 28.6 Å². The summed E-state index contributed by atoms with van der Waals surface area (Å²) in [6.07, 6.45) is 1.74. The van der Waals surface area contributed by atoms with Crippen LogP contribution in [-0.2, 0) is 4.74 Å². The Bertz CT molecular complexity index is 853. The lowest BCUT2D eigenvalue weighted by atomic mass is 10.2. The largest absolute Gasteiger partial charge is 0.383 e. The second kappa shape index (κ2) is 8.00. The van der Waals surface area contributed by atoms with E-state index in [-0.39, 0.29) is 11.9 Å². The summed E-state index contributed by atoms with van der Waals surface area (Å²) in [4.78, 5) is 25.7. The summed E-state index contributed by atoms with van der Waals surface area (Å²) in [6.45, 7) is 2.85. The Kier molecular flexibility index (Phi) is 5.52. The lowest BCUT2D eigenvalue weighted by Crippen LogP contribution is -2.28. The molecule has 130 valence electrons. The molecule has 0 unspecified atom stereocenters. The Labute approximate surface area is 149 Å². The molecule has 2 N–H and O–H groups in total. The van der Waals surface area contributed by atoms with E-state index in [4.69, 9.17) is 4.74 Å². The van der Waals surface area contributed by atoms with Crippen LogP contribution in [0.3, 0.4) is 0 Å². The van der Waals surface area contributed by atoms with Crippen LogP contribution in [0.15, 0.2) is 35.8 Å². The summed E-state index contributed by atoms with van der Waals surface area (Å²) in [7, 11) is 1.59. The molecule has 0 aliphatic carbocycles. The molecule has 1 amide bonds. The third-order valence-corrected chi connectivity index (χ3v) is 4.50. The summed E-state index contributed by atoms with van der Waals surface area (Å²) < 4.78 is 5.73. The van der Waals surface area contributed by atoms with E-state index in [0.29, 0.717) is 24.8 Å². The molecule has 0 fully saturated rings. The Hall–Kier alpha value is -2.58. The number of hydrogen-bond donors (Lipinski definition) is 2. The predicted octanol–water partition coefficient (Wildman–Crippen LogP) is 2.64. The number of hydrogen-bond acceptors (Lipinski definition) is 7. The maximum Gasteiger partial charge on any atom is 0.271 e. The van der Waals surface area contributed by atoms with E-state index in [1.54, 1.807) is 13.3 Å². The van der Waals surface area contributed by atoms with Crippen molar-refractivity contribution in [3.05, 3.63) is 47.2 Å². The van der Waals surface area contributed by atoms with Crippen molar-refractivity contribution < 1.29 is 9.53 Å².